The standard InChI is InChI=1S/C15H24N2O/c1-4-14(16)12-5-7-13(8-6-12)17-9-10-18-11-15(17,2)3/h5-8,14H,4,9-11,16H2,1-3H3. The van der Waals surface area contributed by atoms with Gasteiger partial charge in [0.2, 0.25) is 0 Å². The van der Waals surface area contributed by atoms with E-state index in [4.69, 9.17) is 10.5 Å². The lowest BCUT2D eigenvalue weighted by Crippen LogP contribution is -2.53. The van der Waals surface area contributed by atoms with E-state index < -0.39 is 0 Å². The predicted molar refractivity (Wildman–Crippen MR) is 75.9 cm³/mol. The van der Waals surface area contributed by atoms with Crippen molar-refractivity contribution < 1.29 is 4.74 Å². The highest BCUT2D eigenvalue weighted by Crippen LogP contribution is 2.28. The number of benzene rings is 1. The number of morpholine rings is 1. The molecule has 18 heavy (non-hydrogen) atoms. The third-order valence-electron chi connectivity index (χ3n) is 3.72. The van der Waals surface area contributed by atoms with Crippen LogP contribution in [0.2, 0.25) is 0 Å². The third kappa shape index (κ3) is 2.68. The molecule has 1 aliphatic rings. The zero-order valence-corrected chi connectivity index (χ0v) is 11.6. The predicted octanol–water partition coefficient (Wildman–Crippen LogP) is 2.71. The van der Waals surface area contributed by atoms with E-state index in [-0.39, 0.29) is 11.6 Å². The van der Waals surface area contributed by atoms with Crippen molar-refractivity contribution >= 4 is 5.69 Å². The Bertz CT molecular complexity index is 386. The number of hydrogen-bond donors (Lipinski definition) is 1. The van der Waals surface area contributed by atoms with Gasteiger partial charge in [0.1, 0.15) is 0 Å². The van der Waals surface area contributed by atoms with Gasteiger partial charge in [0.05, 0.1) is 18.8 Å². The lowest BCUT2D eigenvalue weighted by molar-refractivity contribution is 0.0644. The second-order valence-electron chi connectivity index (χ2n) is 5.62. The minimum atomic E-state index is 0.0621. The zero-order chi connectivity index (χ0) is 13.2. The fraction of sp³-hybridized carbons (Fsp3) is 0.600. The van der Waals surface area contributed by atoms with Crippen LogP contribution in [0.4, 0.5) is 5.69 Å². The van der Waals surface area contributed by atoms with E-state index in [1.54, 1.807) is 0 Å². The van der Waals surface area contributed by atoms with Crippen LogP contribution < -0.4 is 10.6 Å². The average Bonchev–Trinajstić information content (AvgIpc) is 2.37. The Morgan fingerprint density at radius 2 is 2.00 bits per heavy atom. The molecule has 1 aromatic rings. The zero-order valence-electron chi connectivity index (χ0n) is 11.6. The molecule has 0 saturated carbocycles. The summed E-state index contributed by atoms with van der Waals surface area (Å²) in [6.07, 6.45) is 0.975. The van der Waals surface area contributed by atoms with Gasteiger partial charge in [0.15, 0.2) is 0 Å². The Hall–Kier alpha value is -1.06. The Balaban J connectivity index is 2.18. The van der Waals surface area contributed by atoms with E-state index in [9.17, 15) is 0 Å². The van der Waals surface area contributed by atoms with Gasteiger partial charge in [-0.1, -0.05) is 19.1 Å². The van der Waals surface area contributed by atoms with Gasteiger partial charge < -0.3 is 15.4 Å². The Morgan fingerprint density at radius 3 is 2.56 bits per heavy atom. The molecule has 1 aliphatic heterocycles. The van der Waals surface area contributed by atoms with Crippen LogP contribution in [0.1, 0.15) is 38.8 Å². The average molecular weight is 248 g/mol. The highest BCUT2D eigenvalue weighted by Gasteiger charge is 2.30. The summed E-state index contributed by atoms with van der Waals surface area (Å²) in [7, 11) is 0. The quantitative estimate of drug-likeness (QED) is 0.894. The molecule has 0 aliphatic carbocycles. The fourth-order valence-electron chi connectivity index (χ4n) is 2.47. The molecule has 1 fully saturated rings. The van der Waals surface area contributed by atoms with Crippen molar-refractivity contribution in [2.75, 3.05) is 24.7 Å². The normalized spacial score (nSPS) is 20.8. The van der Waals surface area contributed by atoms with E-state index in [0.717, 1.165) is 26.2 Å². The second kappa shape index (κ2) is 5.29. The molecule has 0 radical (unpaired) electrons. The molecule has 0 bridgehead atoms. The van der Waals surface area contributed by atoms with Crippen LogP contribution in [0.25, 0.3) is 0 Å². The van der Waals surface area contributed by atoms with Crippen molar-refractivity contribution in [2.45, 2.75) is 38.8 Å². The van der Waals surface area contributed by atoms with E-state index in [0.29, 0.717) is 0 Å². The molecule has 1 saturated heterocycles. The number of nitrogens with two attached hydrogens (primary N) is 1. The summed E-state index contributed by atoms with van der Waals surface area (Å²) in [6.45, 7) is 9.09. The van der Waals surface area contributed by atoms with Crippen LogP contribution in [0.15, 0.2) is 24.3 Å². The highest BCUT2D eigenvalue weighted by atomic mass is 16.5. The van der Waals surface area contributed by atoms with Gasteiger partial charge >= 0.3 is 0 Å². The molecular weight excluding hydrogens is 224 g/mol. The molecule has 1 heterocycles. The van der Waals surface area contributed by atoms with Crippen molar-refractivity contribution in [1.82, 2.24) is 0 Å². The van der Waals surface area contributed by atoms with Crippen molar-refractivity contribution in [3.05, 3.63) is 29.8 Å². The van der Waals surface area contributed by atoms with Gasteiger partial charge in [-0.25, -0.2) is 0 Å². The van der Waals surface area contributed by atoms with Gasteiger partial charge in [0, 0.05) is 18.3 Å². The van der Waals surface area contributed by atoms with Crippen molar-refractivity contribution in [3.8, 4) is 0 Å². The molecular formula is C15H24N2O. The first-order chi connectivity index (χ1) is 8.54. The molecule has 2 N–H and O–H groups in total. The summed E-state index contributed by atoms with van der Waals surface area (Å²) in [5, 5.41) is 0. The number of ether oxygens (including phenoxy) is 1. The SMILES string of the molecule is CCC(N)c1ccc(N2CCOCC2(C)C)cc1. The van der Waals surface area contributed by atoms with Crippen LogP contribution in [-0.2, 0) is 4.74 Å². The maximum atomic E-state index is 6.04. The molecule has 2 rings (SSSR count). The van der Waals surface area contributed by atoms with Gasteiger partial charge in [-0.05, 0) is 38.0 Å². The summed E-state index contributed by atoms with van der Waals surface area (Å²) in [5.41, 5.74) is 8.58. The Kier molecular flexibility index (Phi) is 3.93. The first-order valence-corrected chi connectivity index (χ1v) is 6.75. The number of nitrogens with zero attached hydrogens (tertiary/aromatic N) is 1. The third-order valence-corrected chi connectivity index (χ3v) is 3.72. The molecule has 100 valence electrons. The largest absolute Gasteiger partial charge is 0.377 e. The summed E-state index contributed by atoms with van der Waals surface area (Å²) in [5.74, 6) is 0. The van der Waals surface area contributed by atoms with Gasteiger partial charge in [-0.15, -0.1) is 0 Å². The van der Waals surface area contributed by atoms with E-state index >= 15 is 0 Å². The first-order valence-electron chi connectivity index (χ1n) is 6.75. The summed E-state index contributed by atoms with van der Waals surface area (Å²) in [6, 6.07) is 8.80. The van der Waals surface area contributed by atoms with E-state index in [2.05, 4.69) is 49.9 Å². The van der Waals surface area contributed by atoms with Gasteiger partial charge in [-0.2, -0.15) is 0 Å². The number of hydrogen-bond acceptors (Lipinski definition) is 3. The monoisotopic (exact) mass is 248 g/mol. The molecule has 3 nitrogen and oxygen atoms in total. The lowest BCUT2D eigenvalue weighted by atomic mass is 10.00. The van der Waals surface area contributed by atoms with Crippen LogP contribution in [0.5, 0.6) is 0 Å². The fourth-order valence-corrected chi connectivity index (χ4v) is 2.47. The van der Waals surface area contributed by atoms with E-state index in [1.165, 1.54) is 11.3 Å². The summed E-state index contributed by atoms with van der Waals surface area (Å²) in [4.78, 5) is 2.41. The maximum absolute atomic E-state index is 6.04. The minimum absolute atomic E-state index is 0.0621. The van der Waals surface area contributed by atoms with E-state index in [1.807, 2.05) is 0 Å². The molecule has 1 unspecified atom stereocenters. The molecule has 0 aromatic heterocycles. The maximum Gasteiger partial charge on any atom is 0.0694 e. The topological polar surface area (TPSA) is 38.5 Å². The molecule has 1 aromatic carbocycles. The van der Waals surface area contributed by atoms with Crippen LogP contribution in [-0.4, -0.2) is 25.3 Å². The van der Waals surface area contributed by atoms with Crippen LogP contribution in [0, 0.1) is 0 Å². The summed E-state index contributed by atoms with van der Waals surface area (Å²) >= 11 is 0. The molecule has 3 heteroatoms. The molecule has 0 spiro atoms. The van der Waals surface area contributed by atoms with Crippen molar-refractivity contribution in [3.63, 3.8) is 0 Å². The first kappa shape index (κ1) is 13.4. The minimum Gasteiger partial charge on any atom is -0.377 e. The molecule has 1 atom stereocenters. The summed E-state index contributed by atoms with van der Waals surface area (Å²) < 4.78 is 5.55. The highest BCUT2D eigenvalue weighted by molar-refractivity contribution is 5.50. The van der Waals surface area contributed by atoms with Crippen LogP contribution in [0.3, 0.4) is 0 Å². The lowest BCUT2D eigenvalue weighted by Gasteiger charge is -2.43. The van der Waals surface area contributed by atoms with Gasteiger partial charge in [0.25, 0.3) is 0 Å². The Labute approximate surface area is 110 Å². The van der Waals surface area contributed by atoms with Crippen molar-refractivity contribution in [1.29, 1.82) is 0 Å². The van der Waals surface area contributed by atoms with Crippen LogP contribution >= 0.6 is 0 Å². The second-order valence-corrected chi connectivity index (χ2v) is 5.62. The van der Waals surface area contributed by atoms with Gasteiger partial charge in [-0.3, -0.25) is 0 Å². The molecule has 0 amide bonds. The Morgan fingerprint density at radius 1 is 1.33 bits per heavy atom. The number of anilines is 1. The smallest absolute Gasteiger partial charge is 0.0694 e. The van der Waals surface area contributed by atoms with Crippen molar-refractivity contribution in [2.24, 2.45) is 5.73 Å². The number of rotatable bonds is 3.